The van der Waals surface area contributed by atoms with Gasteiger partial charge in [0.2, 0.25) is 15.9 Å². The van der Waals surface area contributed by atoms with Gasteiger partial charge in [0, 0.05) is 44.2 Å². The van der Waals surface area contributed by atoms with Crippen molar-refractivity contribution in [3.05, 3.63) is 65.7 Å². The number of carbonyl (C=O) groups excluding carboxylic acids is 2. The van der Waals surface area contributed by atoms with E-state index >= 15 is 0 Å². The number of benzene rings is 2. The molecule has 8 heteroatoms. The molecule has 1 fully saturated rings. The van der Waals surface area contributed by atoms with Gasteiger partial charge >= 0.3 is 0 Å². The Morgan fingerprint density at radius 2 is 1.50 bits per heavy atom. The summed E-state index contributed by atoms with van der Waals surface area (Å²) < 4.78 is 27.3. The van der Waals surface area contributed by atoms with Crippen molar-refractivity contribution >= 4 is 21.8 Å². The fourth-order valence-corrected chi connectivity index (χ4v) is 5.11. The van der Waals surface area contributed by atoms with Gasteiger partial charge in [-0.05, 0) is 42.7 Å². The van der Waals surface area contributed by atoms with Crippen molar-refractivity contribution in [2.75, 3.05) is 26.2 Å². The van der Waals surface area contributed by atoms with E-state index in [1.165, 1.54) is 4.31 Å². The van der Waals surface area contributed by atoms with E-state index in [4.69, 9.17) is 0 Å². The number of rotatable bonds is 7. The van der Waals surface area contributed by atoms with Crippen molar-refractivity contribution in [2.45, 2.75) is 44.0 Å². The molecular formula is C24H31N3O4S. The zero-order valence-electron chi connectivity index (χ0n) is 18.8. The number of hydrogen-bond donors (Lipinski definition) is 1. The highest BCUT2D eigenvalue weighted by Gasteiger charge is 2.30. The summed E-state index contributed by atoms with van der Waals surface area (Å²) in [5, 5.41) is 2.84. The highest BCUT2D eigenvalue weighted by atomic mass is 32.2. The van der Waals surface area contributed by atoms with Crippen molar-refractivity contribution in [1.82, 2.24) is 14.5 Å². The molecule has 0 spiro atoms. The third kappa shape index (κ3) is 5.75. The first-order chi connectivity index (χ1) is 15.2. The number of piperazine rings is 1. The molecule has 7 nitrogen and oxygen atoms in total. The normalized spacial score (nSPS) is 16.1. The van der Waals surface area contributed by atoms with Crippen LogP contribution in [0.15, 0.2) is 59.5 Å². The molecule has 2 amide bonds. The zero-order chi connectivity index (χ0) is 23.3. The van der Waals surface area contributed by atoms with Gasteiger partial charge < -0.3 is 10.2 Å². The van der Waals surface area contributed by atoms with E-state index in [0.717, 1.165) is 5.56 Å². The number of amides is 2. The highest BCUT2D eigenvalue weighted by molar-refractivity contribution is 7.89. The first kappa shape index (κ1) is 23.9. The number of sulfonamides is 1. The molecule has 0 bridgehead atoms. The Morgan fingerprint density at radius 3 is 2.06 bits per heavy atom. The van der Waals surface area contributed by atoms with Gasteiger partial charge in [-0.3, -0.25) is 9.59 Å². The molecule has 0 aliphatic carbocycles. The van der Waals surface area contributed by atoms with Crippen molar-refractivity contribution in [1.29, 1.82) is 0 Å². The quantitative estimate of drug-likeness (QED) is 0.693. The summed E-state index contributed by atoms with van der Waals surface area (Å²) in [6.07, 6.45) is 0.169. The minimum atomic E-state index is -3.58. The molecule has 1 saturated heterocycles. The predicted octanol–water partition coefficient (Wildman–Crippen LogP) is 2.85. The van der Waals surface area contributed by atoms with Crippen LogP contribution < -0.4 is 5.32 Å². The van der Waals surface area contributed by atoms with Gasteiger partial charge in [-0.15, -0.1) is 0 Å². The van der Waals surface area contributed by atoms with Gasteiger partial charge in [-0.1, -0.05) is 44.2 Å². The van der Waals surface area contributed by atoms with Crippen molar-refractivity contribution in [3.63, 3.8) is 0 Å². The predicted molar refractivity (Wildman–Crippen MR) is 124 cm³/mol. The summed E-state index contributed by atoms with van der Waals surface area (Å²) in [7, 11) is -3.58. The van der Waals surface area contributed by atoms with Crippen molar-refractivity contribution < 1.29 is 18.0 Å². The van der Waals surface area contributed by atoms with Crippen LogP contribution in [0.4, 0.5) is 0 Å². The molecule has 3 rings (SSSR count). The maximum atomic E-state index is 13.0. The van der Waals surface area contributed by atoms with E-state index in [1.807, 2.05) is 18.2 Å². The number of nitrogens with one attached hydrogen (secondary N) is 1. The Balaban J connectivity index is 1.52. The van der Waals surface area contributed by atoms with Crippen LogP contribution >= 0.6 is 0 Å². The largest absolute Gasteiger partial charge is 0.349 e. The lowest BCUT2D eigenvalue weighted by Gasteiger charge is -2.34. The van der Waals surface area contributed by atoms with Crippen LogP contribution in [0.3, 0.4) is 0 Å². The summed E-state index contributed by atoms with van der Waals surface area (Å²) in [5.74, 6) is 0.0238. The van der Waals surface area contributed by atoms with Gasteiger partial charge in [0.05, 0.1) is 4.90 Å². The van der Waals surface area contributed by atoms with Gasteiger partial charge in [0.25, 0.3) is 5.91 Å². The van der Waals surface area contributed by atoms with E-state index in [2.05, 4.69) is 19.2 Å². The topological polar surface area (TPSA) is 86.8 Å². The molecule has 1 unspecified atom stereocenters. The minimum absolute atomic E-state index is 0.0933. The number of carbonyl (C=O) groups is 2. The molecule has 0 radical (unpaired) electrons. The number of nitrogens with zero attached hydrogens (tertiary/aromatic N) is 2. The molecule has 1 aliphatic rings. The maximum Gasteiger partial charge on any atom is 0.251 e. The maximum absolute atomic E-state index is 13.0. The van der Waals surface area contributed by atoms with Crippen LogP contribution in [0.2, 0.25) is 0 Å². The summed E-state index contributed by atoms with van der Waals surface area (Å²) in [4.78, 5) is 26.9. The monoisotopic (exact) mass is 457 g/mol. The summed E-state index contributed by atoms with van der Waals surface area (Å²) >= 11 is 0. The lowest BCUT2D eigenvalue weighted by Crippen LogP contribution is -2.51. The summed E-state index contributed by atoms with van der Waals surface area (Å²) in [6.45, 7) is 7.10. The molecular weight excluding hydrogens is 426 g/mol. The van der Waals surface area contributed by atoms with Crippen LogP contribution in [-0.2, 0) is 14.8 Å². The third-order valence-electron chi connectivity index (χ3n) is 5.67. The molecule has 2 aromatic rings. The second kappa shape index (κ2) is 10.3. The smallest absolute Gasteiger partial charge is 0.251 e. The van der Waals surface area contributed by atoms with Gasteiger partial charge in [0.1, 0.15) is 0 Å². The molecule has 32 heavy (non-hydrogen) atoms. The van der Waals surface area contributed by atoms with Crippen molar-refractivity contribution in [3.8, 4) is 0 Å². The number of hydrogen-bond acceptors (Lipinski definition) is 4. The van der Waals surface area contributed by atoms with Crippen molar-refractivity contribution in [2.24, 2.45) is 0 Å². The minimum Gasteiger partial charge on any atom is -0.349 e. The Bertz CT molecular complexity index is 1030. The lowest BCUT2D eigenvalue weighted by molar-refractivity contribution is -0.132. The fourth-order valence-electron chi connectivity index (χ4n) is 3.69. The second-order valence-corrected chi connectivity index (χ2v) is 10.4. The van der Waals surface area contributed by atoms with E-state index < -0.39 is 10.0 Å². The summed E-state index contributed by atoms with van der Waals surface area (Å²) in [5.41, 5.74) is 1.64. The van der Waals surface area contributed by atoms with Gasteiger partial charge in [0.15, 0.2) is 0 Å². The standard InChI is InChI=1S/C24H31N3O4S/c1-18(2)20-9-11-22(12-10-20)32(30,31)27-15-13-26(14-16-27)23(28)17-19(3)25-24(29)21-7-5-4-6-8-21/h4-12,18-19H,13-17H2,1-3H3,(H,25,29). The molecule has 2 aromatic carbocycles. The first-order valence-electron chi connectivity index (χ1n) is 10.9. The molecule has 0 saturated carbocycles. The molecule has 172 valence electrons. The fraction of sp³-hybridized carbons (Fsp3) is 0.417. The lowest BCUT2D eigenvalue weighted by atomic mass is 10.0. The van der Waals surface area contributed by atoms with Gasteiger partial charge in [-0.25, -0.2) is 8.42 Å². The van der Waals surface area contributed by atoms with E-state index in [0.29, 0.717) is 24.6 Å². The Kier molecular flexibility index (Phi) is 7.69. The molecule has 1 aliphatic heterocycles. The highest BCUT2D eigenvalue weighted by Crippen LogP contribution is 2.21. The van der Waals surface area contributed by atoms with E-state index in [-0.39, 0.29) is 42.3 Å². The third-order valence-corrected chi connectivity index (χ3v) is 7.58. The first-order valence-corrected chi connectivity index (χ1v) is 12.4. The molecule has 1 atom stereocenters. The summed E-state index contributed by atoms with van der Waals surface area (Å²) in [6, 6.07) is 15.5. The molecule has 1 N–H and O–H groups in total. The average molecular weight is 458 g/mol. The Hall–Kier alpha value is -2.71. The Morgan fingerprint density at radius 1 is 0.906 bits per heavy atom. The SMILES string of the molecule is CC(CC(=O)N1CCN(S(=O)(=O)c2ccc(C(C)C)cc2)CC1)NC(=O)c1ccccc1. The van der Waals surface area contributed by atoms with Crippen LogP contribution in [-0.4, -0.2) is 61.7 Å². The second-order valence-electron chi connectivity index (χ2n) is 8.45. The van der Waals surface area contributed by atoms with Crippen LogP contribution in [0, 0.1) is 0 Å². The van der Waals surface area contributed by atoms with Crippen LogP contribution in [0.5, 0.6) is 0 Å². The van der Waals surface area contributed by atoms with Gasteiger partial charge in [-0.2, -0.15) is 4.31 Å². The molecule has 1 heterocycles. The van der Waals surface area contributed by atoms with Crippen LogP contribution in [0.1, 0.15) is 49.0 Å². The molecule has 0 aromatic heterocycles. The van der Waals surface area contributed by atoms with E-state index in [9.17, 15) is 18.0 Å². The zero-order valence-corrected chi connectivity index (χ0v) is 19.6. The Labute approximate surface area is 190 Å². The average Bonchev–Trinajstić information content (AvgIpc) is 2.79. The van der Waals surface area contributed by atoms with Crippen LogP contribution in [0.25, 0.3) is 0 Å². The van der Waals surface area contributed by atoms with E-state index in [1.54, 1.807) is 48.2 Å².